The Bertz CT molecular complexity index is 624. The minimum atomic E-state index is -0.773. The summed E-state index contributed by atoms with van der Waals surface area (Å²) in [5.74, 6) is -0.773. The molecule has 0 saturated carbocycles. The van der Waals surface area contributed by atoms with E-state index in [2.05, 4.69) is 16.4 Å². The molecule has 1 saturated heterocycles. The van der Waals surface area contributed by atoms with Gasteiger partial charge in [-0.2, -0.15) is 0 Å². The maximum atomic E-state index is 11.3. The Morgan fingerprint density at radius 2 is 2.25 bits per heavy atom. The molecule has 3 rings (SSSR count). The van der Waals surface area contributed by atoms with Crippen molar-refractivity contribution in [2.45, 2.75) is 12.6 Å². The van der Waals surface area contributed by atoms with Crippen LogP contribution in [-0.4, -0.2) is 46.6 Å². The lowest BCUT2D eigenvalue weighted by atomic mass is 10.1. The third-order valence-electron chi connectivity index (χ3n) is 3.76. The minimum absolute atomic E-state index is 0.470. The number of pyridine rings is 1. The summed E-state index contributed by atoms with van der Waals surface area (Å²) in [5, 5.41) is 14.7. The first-order valence-corrected chi connectivity index (χ1v) is 6.75. The van der Waals surface area contributed by atoms with Crippen LogP contribution in [0.4, 0.5) is 0 Å². The number of carbonyl (C=O) groups is 1. The normalized spacial score (nSPS) is 20.1. The molecule has 104 valence electrons. The molecule has 0 amide bonds. The van der Waals surface area contributed by atoms with Crippen molar-refractivity contribution in [2.75, 3.05) is 19.6 Å². The van der Waals surface area contributed by atoms with Gasteiger partial charge in [-0.25, -0.2) is 0 Å². The van der Waals surface area contributed by atoms with E-state index in [-0.39, 0.29) is 0 Å². The molecule has 0 bridgehead atoms. The van der Waals surface area contributed by atoms with Crippen LogP contribution < -0.4 is 5.32 Å². The van der Waals surface area contributed by atoms with E-state index in [0.29, 0.717) is 13.1 Å². The van der Waals surface area contributed by atoms with Crippen molar-refractivity contribution in [3.63, 3.8) is 0 Å². The summed E-state index contributed by atoms with van der Waals surface area (Å²) in [6.07, 6.45) is 3.68. The maximum absolute atomic E-state index is 11.3. The van der Waals surface area contributed by atoms with Gasteiger partial charge in [0.05, 0.1) is 0 Å². The third-order valence-corrected chi connectivity index (χ3v) is 3.76. The Balaban J connectivity index is 1.90. The van der Waals surface area contributed by atoms with Crippen LogP contribution in [0.2, 0.25) is 0 Å². The van der Waals surface area contributed by atoms with Crippen LogP contribution in [0.1, 0.15) is 5.56 Å². The number of hydrogen-bond acceptors (Lipinski definition) is 4. The predicted octanol–water partition coefficient (Wildman–Crippen LogP) is 1.09. The van der Waals surface area contributed by atoms with E-state index in [1.165, 1.54) is 0 Å². The van der Waals surface area contributed by atoms with Gasteiger partial charge in [0.1, 0.15) is 6.04 Å². The molecular formula is C15H17N3O2. The summed E-state index contributed by atoms with van der Waals surface area (Å²) >= 11 is 0. The second-order valence-electron chi connectivity index (χ2n) is 5.05. The number of nitrogens with zero attached hydrogens (tertiary/aromatic N) is 2. The van der Waals surface area contributed by atoms with Gasteiger partial charge in [0.25, 0.3) is 0 Å². The fourth-order valence-corrected chi connectivity index (χ4v) is 2.70. The van der Waals surface area contributed by atoms with Gasteiger partial charge in [-0.3, -0.25) is 14.7 Å². The van der Waals surface area contributed by atoms with Crippen molar-refractivity contribution >= 4 is 16.7 Å². The highest BCUT2D eigenvalue weighted by Crippen LogP contribution is 2.20. The molecule has 0 radical (unpaired) electrons. The monoisotopic (exact) mass is 271 g/mol. The zero-order chi connectivity index (χ0) is 13.9. The van der Waals surface area contributed by atoms with E-state index in [1.54, 1.807) is 0 Å². The molecule has 2 aromatic rings. The van der Waals surface area contributed by atoms with E-state index >= 15 is 0 Å². The van der Waals surface area contributed by atoms with Crippen LogP contribution in [0.15, 0.2) is 36.7 Å². The highest BCUT2D eigenvalue weighted by atomic mass is 16.4. The number of piperazine rings is 1. The molecular weight excluding hydrogens is 254 g/mol. The summed E-state index contributed by atoms with van der Waals surface area (Å²) in [7, 11) is 0. The zero-order valence-corrected chi connectivity index (χ0v) is 11.1. The lowest BCUT2D eigenvalue weighted by Crippen LogP contribution is -2.54. The quantitative estimate of drug-likeness (QED) is 0.875. The number of aliphatic carboxylic acids is 1. The molecule has 1 aliphatic heterocycles. The molecule has 1 aliphatic rings. The largest absolute Gasteiger partial charge is 0.480 e. The summed E-state index contributed by atoms with van der Waals surface area (Å²) in [6, 6.07) is 7.60. The number of carboxylic acid groups (broad SMARTS) is 1. The topological polar surface area (TPSA) is 65.5 Å². The number of fused-ring (bicyclic) bond motifs is 1. The second kappa shape index (κ2) is 5.56. The van der Waals surface area contributed by atoms with E-state index in [4.69, 9.17) is 0 Å². The average molecular weight is 271 g/mol. The minimum Gasteiger partial charge on any atom is -0.480 e. The fourth-order valence-electron chi connectivity index (χ4n) is 2.70. The lowest BCUT2D eigenvalue weighted by molar-refractivity contribution is -0.144. The molecule has 1 fully saturated rings. The number of nitrogens with one attached hydrogen (secondary N) is 1. The van der Waals surface area contributed by atoms with Crippen LogP contribution in [-0.2, 0) is 11.3 Å². The lowest BCUT2D eigenvalue weighted by Gasteiger charge is -2.33. The molecule has 1 aromatic heterocycles. The van der Waals surface area contributed by atoms with Crippen molar-refractivity contribution in [1.82, 2.24) is 15.2 Å². The molecule has 1 atom stereocenters. The standard InChI is InChI=1S/C15H17N3O2/c19-15(20)14-9-16-5-6-18(14)10-12-8-17-7-11-3-1-2-4-13(11)12/h1-4,7-8,14,16H,5-6,9-10H2,(H,19,20). The Hall–Kier alpha value is -1.98. The predicted molar refractivity (Wildman–Crippen MR) is 76.4 cm³/mol. The van der Waals surface area contributed by atoms with Crippen molar-refractivity contribution in [1.29, 1.82) is 0 Å². The van der Waals surface area contributed by atoms with E-state index < -0.39 is 12.0 Å². The molecule has 0 spiro atoms. The number of carboxylic acids is 1. The third kappa shape index (κ3) is 2.50. The van der Waals surface area contributed by atoms with Crippen molar-refractivity contribution in [2.24, 2.45) is 0 Å². The fraction of sp³-hybridized carbons (Fsp3) is 0.333. The van der Waals surface area contributed by atoms with Gasteiger partial charge in [0.2, 0.25) is 0 Å². The van der Waals surface area contributed by atoms with Crippen LogP contribution in [0.5, 0.6) is 0 Å². The number of aromatic nitrogens is 1. The van der Waals surface area contributed by atoms with Gasteiger partial charge in [-0.1, -0.05) is 24.3 Å². The Morgan fingerprint density at radius 3 is 3.10 bits per heavy atom. The van der Waals surface area contributed by atoms with Gasteiger partial charge >= 0.3 is 5.97 Å². The second-order valence-corrected chi connectivity index (χ2v) is 5.05. The molecule has 2 N–H and O–H groups in total. The molecule has 20 heavy (non-hydrogen) atoms. The average Bonchev–Trinajstić information content (AvgIpc) is 2.48. The number of rotatable bonds is 3. The first-order valence-electron chi connectivity index (χ1n) is 6.75. The molecule has 1 unspecified atom stereocenters. The summed E-state index contributed by atoms with van der Waals surface area (Å²) in [5.41, 5.74) is 1.08. The maximum Gasteiger partial charge on any atom is 0.322 e. The first-order chi connectivity index (χ1) is 9.75. The van der Waals surface area contributed by atoms with Gasteiger partial charge in [0, 0.05) is 44.0 Å². The number of hydrogen-bond donors (Lipinski definition) is 2. The van der Waals surface area contributed by atoms with Crippen molar-refractivity contribution in [3.8, 4) is 0 Å². The highest BCUT2D eigenvalue weighted by molar-refractivity contribution is 5.84. The summed E-state index contributed by atoms with van der Waals surface area (Å²) in [6.45, 7) is 2.67. The van der Waals surface area contributed by atoms with Crippen LogP contribution >= 0.6 is 0 Å². The van der Waals surface area contributed by atoms with Crippen molar-refractivity contribution < 1.29 is 9.90 Å². The molecule has 2 heterocycles. The molecule has 5 heteroatoms. The summed E-state index contributed by atoms with van der Waals surface area (Å²) in [4.78, 5) is 17.6. The highest BCUT2D eigenvalue weighted by Gasteiger charge is 2.28. The summed E-state index contributed by atoms with van der Waals surface area (Å²) < 4.78 is 0. The van der Waals surface area contributed by atoms with Crippen molar-refractivity contribution in [3.05, 3.63) is 42.2 Å². The first kappa shape index (κ1) is 13.0. The zero-order valence-electron chi connectivity index (χ0n) is 11.1. The van der Waals surface area contributed by atoms with Gasteiger partial charge in [-0.05, 0) is 10.9 Å². The van der Waals surface area contributed by atoms with Crippen LogP contribution in [0.3, 0.4) is 0 Å². The Morgan fingerprint density at radius 1 is 1.40 bits per heavy atom. The molecule has 1 aromatic carbocycles. The molecule has 0 aliphatic carbocycles. The van der Waals surface area contributed by atoms with E-state index in [9.17, 15) is 9.90 Å². The van der Waals surface area contributed by atoms with E-state index in [0.717, 1.165) is 29.4 Å². The van der Waals surface area contributed by atoms with Crippen LogP contribution in [0, 0.1) is 0 Å². The number of benzene rings is 1. The Kier molecular flexibility index (Phi) is 3.62. The molecule has 5 nitrogen and oxygen atoms in total. The van der Waals surface area contributed by atoms with Crippen LogP contribution in [0.25, 0.3) is 10.8 Å². The smallest absolute Gasteiger partial charge is 0.322 e. The Labute approximate surface area is 117 Å². The van der Waals surface area contributed by atoms with Gasteiger partial charge in [0.15, 0.2) is 0 Å². The van der Waals surface area contributed by atoms with E-state index in [1.807, 2.05) is 35.5 Å². The van der Waals surface area contributed by atoms with Gasteiger partial charge in [-0.15, -0.1) is 0 Å². The SMILES string of the molecule is O=C(O)C1CNCCN1Cc1cncc2ccccc12. The van der Waals surface area contributed by atoms with Gasteiger partial charge < -0.3 is 10.4 Å².